The average molecular weight is 491 g/mol. The van der Waals surface area contributed by atoms with Crippen LogP contribution >= 0.6 is 0 Å². The first-order valence-corrected chi connectivity index (χ1v) is 10.9. The molecule has 0 saturated heterocycles. The Morgan fingerprint density at radius 2 is 1.86 bits per heavy atom. The number of benzene rings is 1. The molecule has 0 fully saturated rings. The summed E-state index contributed by atoms with van der Waals surface area (Å²) in [4.78, 5) is 63.6. The maximum atomic E-state index is 13.6. The van der Waals surface area contributed by atoms with Gasteiger partial charge in [-0.25, -0.2) is 4.79 Å². The zero-order chi connectivity index (χ0) is 26.8. The highest BCUT2D eigenvalue weighted by molar-refractivity contribution is 5.95. The normalized spacial score (nSPS) is 12.5. The van der Waals surface area contributed by atoms with Crippen LogP contribution in [-0.2, 0) is 28.7 Å². The summed E-state index contributed by atoms with van der Waals surface area (Å²) in [7, 11) is 1.18. The van der Waals surface area contributed by atoms with Crippen LogP contribution in [-0.4, -0.2) is 66.5 Å². The van der Waals surface area contributed by atoms with Gasteiger partial charge in [0, 0.05) is 6.54 Å². The highest BCUT2D eigenvalue weighted by Gasteiger charge is 2.36. The Labute approximate surface area is 205 Å². The second-order valence-electron chi connectivity index (χ2n) is 8.76. The van der Waals surface area contributed by atoms with Crippen molar-refractivity contribution in [2.75, 3.05) is 20.2 Å². The Balaban J connectivity index is 3.43. The zero-order valence-electron chi connectivity index (χ0n) is 20.8. The molecule has 11 nitrogen and oxygen atoms in total. The minimum absolute atomic E-state index is 0.117. The van der Waals surface area contributed by atoms with Gasteiger partial charge in [0.1, 0.15) is 24.2 Å². The van der Waals surface area contributed by atoms with Gasteiger partial charge < -0.3 is 30.7 Å². The Morgan fingerprint density at radius 3 is 2.37 bits per heavy atom. The van der Waals surface area contributed by atoms with Gasteiger partial charge in [-0.2, -0.15) is 0 Å². The van der Waals surface area contributed by atoms with Crippen molar-refractivity contribution >= 4 is 29.8 Å². The zero-order valence-corrected chi connectivity index (χ0v) is 20.8. The van der Waals surface area contributed by atoms with E-state index in [-0.39, 0.29) is 6.54 Å². The molecule has 2 atom stereocenters. The smallest absolute Gasteiger partial charge is 0.408 e. The summed E-state index contributed by atoms with van der Waals surface area (Å²) in [5, 5.41) is 4.82. The number of hydrogen-bond acceptors (Lipinski definition) is 7. The molecular weight excluding hydrogens is 456 g/mol. The third-order valence-electron chi connectivity index (χ3n) is 4.56. The van der Waals surface area contributed by atoms with Crippen LogP contribution in [0, 0.1) is 6.92 Å². The fourth-order valence-electron chi connectivity index (χ4n) is 3.15. The molecule has 0 heterocycles. The first-order chi connectivity index (χ1) is 16.3. The van der Waals surface area contributed by atoms with E-state index in [1.807, 2.05) is 13.0 Å². The largest absolute Gasteiger partial charge is 0.468 e. The van der Waals surface area contributed by atoms with Crippen LogP contribution in [0.3, 0.4) is 0 Å². The summed E-state index contributed by atoms with van der Waals surface area (Å²) in [5.74, 6) is -2.97. The van der Waals surface area contributed by atoms with Crippen LogP contribution in [0.5, 0.6) is 0 Å². The standard InChI is InChI=1S/C24H34N4O7/c1-7-11-28(22(32)17(13-18(25)29)27-23(33)35-24(3,4)5)20(16-10-8-9-15(2)12-16)21(31)26-14-19(30)34-6/h7-10,12,17,20H,1,11,13-14H2,2-6H3,(H2,25,29)(H,26,31)(H,27,33). The summed E-state index contributed by atoms with van der Waals surface area (Å²) >= 11 is 0. The Bertz CT molecular complexity index is 955. The molecule has 0 bridgehead atoms. The van der Waals surface area contributed by atoms with E-state index in [4.69, 9.17) is 10.5 Å². The molecule has 1 aromatic carbocycles. The Kier molecular flexibility index (Phi) is 10.9. The number of primary amides is 1. The number of nitrogens with zero attached hydrogens (tertiary/aromatic N) is 1. The van der Waals surface area contributed by atoms with Crippen molar-refractivity contribution in [1.82, 2.24) is 15.5 Å². The number of rotatable bonds is 11. The molecule has 1 rings (SSSR count). The van der Waals surface area contributed by atoms with E-state index in [0.717, 1.165) is 10.5 Å². The number of nitrogens with two attached hydrogens (primary N) is 1. The van der Waals surface area contributed by atoms with Gasteiger partial charge in [-0.3, -0.25) is 19.2 Å². The lowest BCUT2D eigenvalue weighted by Gasteiger charge is -2.33. The van der Waals surface area contributed by atoms with Crippen LogP contribution in [0.4, 0.5) is 4.79 Å². The molecule has 0 radical (unpaired) electrons. The van der Waals surface area contributed by atoms with Crippen molar-refractivity contribution in [3.05, 3.63) is 48.0 Å². The van der Waals surface area contributed by atoms with E-state index in [2.05, 4.69) is 21.9 Å². The third kappa shape index (κ3) is 9.86. The highest BCUT2D eigenvalue weighted by atomic mass is 16.6. The minimum atomic E-state index is -1.41. The molecule has 11 heteroatoms. The van der Waals surface area contributed by atoms with E-state index in [1.165, 1.54) is 13.2 Å². The number of carbonyl (C=O) groups is 5. The molecule has 0 aliphatic rings. The number of aryl methyl sites for hydroxylation is 1. The van der Waals surface area contributed by atoms with Crippen molar-refractivity contribution in [2.45, 2.75) is 51.8 Å². The first kappa shape index (κ1) is 29.1. The topological polar surface area (TPSA) is 157 Å². The molecule has 0 aromatic heterocycles. The van der Waals surface area contributed by atoms with Gasteiger partial charge in [0.15, 0.2) is 0 Å². The SMILES string of the molecule is C=CCN(C(=O)C(CC(N)=O)NC(=O)OC(C)(C)C)C(C(=O)NCC(=O)OC)c1cccc(C)c1. The number of carbonyl (C=O) groups excluding carboxylic acids is 5. The number of ether oxygens (including phenoxy) is 2. The van der Waals surface area contributed by atoms with Crippen LogP contribution in [0.15, 0.2) is 36.9 Å². The number of nitrogens with one attached hydrogen (secondary N) is 2. The number of methoxy groups -OCH3 is 1. The second kappa shape index (κ2) is 13.1. The summed E-state index contributed by atoms with van der Waals surface area (Å²) in [6, 6.07) is 4.23. The molecule has 0 aliphatic carbocycles. The predicted octanol–water partition coefficient (Wildman–Crippen LogP) is 1.11. The predicted molar refractivity (Wildman–Crippen MR) is 128 cm³/mol. The maximum Gasteiger partial charge on any atom is 0.408 e. The van der Waals surface area contributed by atoms with E-state index in [0.29, 0.717) is 5.56 Å². The fourth-order valence-corrected chi connectivity index (χ4v) is 3.15. The Hall–Kier alpha value is -3.89. The first-order valence-electron chi connectivity index (χ1n) is 10.9. The van der Waals surface area contributed by atoms with Crippen LogP contribution in [0.25, 0.3) is 0 Å². The van der Waals surface area contributed by atoms with E-state index in [9.17, 15) is 24.0 Å². The monoisotopic (exact) mass is 490 g/mol. The molecule has 0 aliphatic heterocycles. The summed E-state index contributed by atoms with van der Waals surface area (Å²) < 4.78 is 9.76. The Morgan fingerprint density at radius 1 is 1.20 bits per heavy atom. The van der Waals surface area contributed by atoms with Crippen molar-refractivity contribution in [2.24, 2.45) is 5.73 Å². The van der Waals surface area contributed by atoms with E-state index >= 15 is 0 Å². The van der Waals surface area contributed by atoms with Crippen molar-refractivity contribution in [3.63, 3.8) is 0 Å². The molecule has 2 unspecified atom stereocenters. The molecule has 35 heavy (non-hydrogen) atoms. The van der Waals surface area contributed by atoms with Gasteiger partial charge in [-0.1, -0.05) is 35.9 Å². The van der Waals surface area contributed by atoms with Crippen LogP contribution in [0.1, 0.15) is 44.4 Å². The molecule has 192 valence electrons. The van der Waals surface area contributed by atoms with Crippen molar-refractivity contribution in [3.8, 4) is 0 Å². The summed E-state index contributed by atoms with van der Waals surface area (Å²) in [6.07, 6.45) is -0.0723. The van der Waals surface area contributed by atoms with Gasteiger partial charge in [0.2, 0.25) is 17.7 Å². The lowest BCUT2D eigenvalue weighted by molar-refractivity contribution is -0.144. The fraction of sp³-hybridized carbons (Fsp3) is 0.458. The van der Waals surface area contributed by atoms with E-state index in [1.54, 1.807) is 39.0 Å². The summed E-state index contributed by atoms with van der Waals surface area (Å²) in [6.45, 7) is 9.84. The van der Waals surface area contributed by atoms with Gasteiger partial charge in [0.25, 0.3) is 0 Å². The number of alkyl carbamates (subject to hydrolysis) is 1. The summed E-state index contributed by atoms with van der Waals surface area (Å²) in [5.41, 5.74) is 5.72. The van der Waals surface area contributed by atoms with Gasteiger partial charge in [0.05, 0.1) is 13.5 Å². The average Bonchev–Trinajstić information content (AvgIpc) is 2.74. The van der Waals surface area contributed by atoms with Crippen molar-refractivity contribution < 1.29 is 33.4 Å². The highest BCUT2D eigenvalue weighted by Crippen LogP contribution is 2.24. The minimum Gasteiger partial charge on any atom is -0.468 e. The molecular formula is C24H34N4O7. The van der Waals surface area contributed by atoms with Gasteiger partial charge in [-0.15, -0.1) is 6.58 Å². The van der Waals surface area contributed by atoms with Crippen molar-refractivity contribution in [1.29, 1.82) is 0 Å². The second-order valence-corrected chi connectivity index (χ2v) is 8.76. The number of hydrogen-bond donors (Lipinski definition) is 3. The molecule has 0 saturated carbocycles. The van der Waals surface area contributed by atoms with Crippen LogP contribution < -0.4 is 16.4 Å². The van der Waals surface area contributed by atoms with Gasteiger partial charge >= 0.3 is 12.1 Å². The molecule has 4 N–H and O–H groups in total. The van der Waals surface area contributed by atoms with E-state index < -0.39 is 60.4 Å². The lowest BCUT2D eigenvalue weighted by atomic mass is 10.0. The lowest BCUT2D eigenvalue weighted by Crippen LogP contribution is -2.54. The molecule has 4 amide bonds. The molecule has 1 aromatic rings. The van der Waals surface area contributed by atoms with Crippen LogP contribution in [0.2, 0.25) is 0 Å². The molecule has 0 spiro atoms. The number of esters is 1. The quantitative estimate of drug-likeness (QED) is 0.310. The number of amides is 4. The van der Waals surface area contributed by atoms with Gasteiger partial charge in [-0.05, 0) is 33.3 Å². The maximum absolute atomic E-state index is 13.6. The third-order valence-corrected chi connectivity index (χ3v) is 4.56.